The summed E-state index contributed by atoms with van der Waals surface area (Å²) in [5.41, 5.74) is 6.23. The van der Waals surface area contributed by atoms with Crippen LogP contribution in [0.3, 0.4) is 0 Å². The summed E-state index contributed by atoms with van der Waals surface area (Å²) in [6, 6.07) is 16.5. The maximum absolute atomic E-state index is 5.70. The van der Waals surface area contributed by atoms with E-state index in [1.54, 1.807) is 11.3 Å². The lowest BCUT2D eigenvalue weighted by molar-refractivity contribution is 0.242. The minimum absolute atomic E-state index is 0.184. The van der Waals surface area contributed by atoms with Crippen LogP contribution in [0.2, 0.25) is 0 Å². The van der Waals surface area contributed by atoms with E-state index >= 15 is 0 Å². The number of benzene rings is 2. The van der Waals surface area contributed by atoms with Crippen molar-refractivity contribution >= 4 is 27.9 Å². The van der Waals surface area contributed by atoms with Crippen LogP contribution in [0.1, 0.15) is 19.4 Å². The summed E-state index contributed by atoms with van der Waals surface area (Å²) in [4.78, 5) is 9.97. The molecule has 4 nitrogen and oxygen atoms in total. The largest absolute Gasteiger partial charge is 0.491 e. The Labute approximate surface area is 162 Å². The molecule has 0 radical (unpaired) electrons. The minimum Gasteiger partial charge on any atom is -0.491 e. The van der Waals surface area contributed by atoms with Crippen molar-refractivity contribution in [2.45, 2.75) is 26.5 Å². The second kappa shape index (κ2) is 7.76. The molecule has 2 heterocycles. The molecule has 0 bridgehead atoms. The van der Waals surface area contributed by atoms with Crippen molar-refractivity contribution in [1.29, 1.82) is 0 Å². The van der Waals surface area contributed by atoms with Gasteiger partial charge in [-0.2, -0.15) is 0 Å². The lowest BCUT2D eigenvalue weighted by atomic mass is 10.1. The van der Waals surface area contributed by atoms with E-state index in [2.05, 4.69) is 45.6 Å². The number of fused-ring (bicyclic) bond motifs is 1. The van der Waals surface area contributed by atoms with Gasteiger partial charge in [-0.05, 0) is 43.7 Å². The van der Waals surface area contributed by atoms with E-state index in [9.17, 15) is 0 Å². The maximum Gasteiger partial charge on any atom is 0.119 e. The van der Waals surface area contributed by atoms with E-state index in [4.69, 9.17) is 4.74 Å². The monoisotopic (exact) mass is 375 g/mol. The van der Waals surface area contributed by atoms with E-state index in [-0.39, 0.29) is 6.10 Å². The molecule has 0 saturated heterocycles. The standard InChI is InChI=1S/C22H21N3OS/c1-15(2)26-17-8-6-16(7-9-17)12-25-20-5-3-4-19-18(10-11-24-22(19)20)21-13-23-14-27-21/h3-11,13-15,25H,12H2,1-2H3. The van der Waals surface area contributed by atoms with Crippen LogP contribution in [0.4, 0.5) is 5.69 Å². The number of thiazole rings is 1. The first-order valence-corrected chi connectivity index (χ1v) is 9.85. The zero-order valence-corrected chi connectivity index (χ0v) is 16.2. The topological polar surface area (TPSA) is 47.0 Å². The van der Waals surface area contributed by atoms with Gasteiger partial charge in [-0.1, -0.05) is 24.3 Å². The molecule has 4 aromatic rings. The summed E-state index contributed by atoms with van der Waals surface area (Å²) in [6.07, 6.45) is 3.95. The third kappa shape index (κ3) is 3.93. The van der Waals surface area contributed by atoms with Crippen LogP contribution in [0.5, 0.6) is 5.75 Å². The molecule has 0 aliphatic carbocycles. The molecule has 2 aromatic heterocycles. The number of ether oxygens (including phenoxy) is 1. The molecule has 0 saturated carbocycles. The molecule has 0 fully saturated rings. The van der Waals surface area contributed by atoms with Crippen molar-refractivity contribution in [3.63, 3.8) is 0 Å². The molecule has 136 valence electrons. The van der Waals surface area contributed by atoms with Crippen LogP contribution < -0.4 is 10.1 Å². The van der Waals surface area contributed by atoms with Crippen LogP contribution in [-0.2, 0) is 6.54 Å². The highest BCUT2D eigenvalue weighted by atomic mass is 32.1. The maximum atomic E-state index is 5.70. The average Bonchev–Trinajstić information content (AvgIpc) is 3.21. The molecule has 0 spiro atoms. The molecule has 0 aliphatic heterocycles. The molecule has 2 aromatic carbocycles. The summed E-state index contributed by atoms with van der Waals surface area (Å²) < 4.78 is 5.70. The van der Waals surface area contributed by atoms with E-state index in [0.717, 1.165) is 33.8 Å². The SMILES string of the molecule is CC(C)Oc1ccc(CNc2cccc3c(-c4cncs4)ccnc23)cc1. The van der Waals surface area contributed by atoms with Gasteiger partial charge in [0.2, 0.25) is 0 Å². The summed E-state index contributed by atoms with van der Waals surface area (Å²) in [6.45, 7) is 4.79. The van der Waals surface area contributed by atoms with E-state index in [0.29, 0.717) is 0 Å². The van der Waals surface area contributed by atoms with Crippen LogP contribution in [-0.4, -0.2) is 16.1 Å². The predicted molar refractivity (Wildman–Crippen MR) is 112 cm³/mol. The molecule has 0 amide bonds. The fourth-order valence-corrected chi connectivity index (χ4v) is 3.70. The molecule has 0 unspecified atom stereocenters. The second-order valence-corrected chi connectivity index (χ2v) is 7.48. The highest BCUT2D eigenvalue weighted by Crippen LogP contribution is 2.32. The van der Waals surface area contributed by atoms with E-state index in [1.165, 1.54) is 11.1 Å². The highest BCUT2D eigenvalue weighted by Gasteiger charge is 2.09. The number of nitrogens with one attached hydrogen (secondary N) is 1. The lowest BCUT2D eigenvalue weighted by Gasteiger charge is -2.12. The molecule has 5 heteroatoms. The Hall–Kier alpha value is -2.92. The van der Waals surface area contributed by atoms with Gasteiger partial charge in [-0.25, -0.2) is 0 Å². The Kier molecular flexibility index (Phi) is 5.03. The van der Waals surface area contributed by atoms with Gasteiger partial charge in [0.25, 0.3) is 0 Å². The molecule has 0 atom stereocenters. The first-order chi connectivity index (χ1) is 13.2. The number of rotatable bonds is 6. The second-order valence-electron chi connectivity index (χ2n) is 6.59. The number of anilines is 1. The van der Waals surface area contributed by atoms with Gasteiger partial charge in [0.1, 0.15) is 5.75 Å². The van der Waals surface area contributed by atoms with Crippen molar-refractivity contribution in [2.24, 2.45) is 0 Å². The van der Waals surface area contributed by atoms with Crippen LogP contribution in [0.15, 0.2) is 66.4 Å². The number of hydrogen-bond donors (Lipinski definition) is 1. The Morgan fingerprint density at radius 1 is 1.07 bits per heavy atom. The summed E-state index contributed by atoms with van der Waals surface area (Å²) in [7, 11) is 0. The van der Waals surface area contributed by atoms with Gasteiger partial charge in [-0.3, -0.25) is 9.97 Å². The summed E-state index contributed by atoms with van der Waals surface area (Å²) in [5, 5.41) is 4.65. The number of para-hydroxylation sites is 1. The Morgan fingerprint density at radius 2 is 1.93 bits per heavy atom. The van der Waals surface area contributed by atoms with Gasteiger partial charge in [-0.15, -0.1) is 11.3 Å². The van der Waals surface area contributed by atoms with Crippen molar-refractivity contribution in [1.82, 2.24) is 9.97 Å². The van der Waals surface area contributed by atoms with Gasteiger partial charge >= 0.3 is 0 Å². The van der Waals surface area contributed by atoms with Crippen molar-refractivity contribution in [3.05, 3.63) is 72.0 Å². The van der Waals surface area contributed by atoms with Gasteiger partial charge in [0.05, 0.1) is 27.7 Å². The molecule has 27 heavy (non-hydrogen) atoms. The van der Waals surface area contributed by atoms with E-state index < -0.39 is 0 Å². The van der Waals surface area contributed by atoms with E-state index in [1.807, 2.05) is 50.0 Å². The normalized spacial score (nSPS) is 11.1. The fourth-order valence-electron chi connectivity index (χ4n) is 3.04. The van der Waals surface area contributed by atoms with Crippen molar-refractivity contribution in [3.8, 4) is 16.2 Å². The Bertz CT molecular complexity index is 1030. The zero-order valence-electron chi connectivity index (χ0n) is 15.3. The third-order valence-corrected chi connectivity index (χ3v) is 5.05. The summed E-state index contributed by atoms with van der Waals surface area (Å²) in [5.74, 6) is 0.898. The Morgan fingerprint density at radius 3 is 2.67 bits per heavy atom. The van der Waals surface area contributed by atoms with Gasteiger partial charge < -0.3 is 10.1 Å². The summed E-state index contributed by atoms with van der Waals surface area (Å²) >= 11 is 1.64. The van der Waals surface area contributed by atoms with Gasteiger partial charge in [0.15, 0.2) is 0 Å². The quantitative estimate of drug-likeness (QED) is 0.465. The smallest absolute Gasteiger partial charge is 0.119 e. The molecular formula is C22H21N3OS. The number of hydrogen-bond acceptors (Lipinski definition) is 5. The Balaban J connectivity index is 1.57. The fraction of sp³-hybridized carbons (Fsp3) is 0.182. The van der Waals surface area contributed by atoms with Crippen molar-refractivity contribution in [2.75, 3.05) is 5.32 Å². The predicted octanol–water partition coefficient (Wildman–Crippen LogP) is 5.76. The number of pyridine rings is 1. The first-order valence-electron chi connectivity index (χ1n) is 8.97. The van der Waals surface area contributed by atoms with Gasteiger partial charge in [0, 0.05) is 29.9 Å². The van der Waals surface area contributed by atoms with Crippen molar-refractivity contribution < 1.29 is 4.74 Å². The number of aromatic nitrogens is 2. The zero-order chi connectivity index (χ0) is 18.6. The third-order valence-electron chi connectivity index (χ3n) is 4.25. The van der Waals surface area contributed by atoms with Crippen LogP contribution >= 0.6 is 11.3 Å². The molecule has 4 rings (SSSR count). The molecular weight excluding hydrogens is 354 g/mol. The first kappa shape index (κ1) is 17.5. The highest BCUT2D eigenvalue weighted by molar-refractivity contribution is 7.13. The van der Waals surface area contributed by atoms with Crippen LogP contribution in [0.25, 0.3) is 21.3 Å². The number of nitrogens with zero attached hydrogens (tertiary/aromatic N) is 2. The molecule has 0 aliphatic rings. The lowest BCUT2D eigenvalue weighted by Crippen LogP contribution is -2.05. The molecule has 1 N–H and O–H groups in total. The van der Waals surface area contributed by atoms with Crippen LogP contribution in [0, 0.1) is 0 Å². The minimum atomic E-state index is 0.184. The average molecular weight is 375 g/mol.